The predicted octanol–water partition coefficient (Wildman–Crippen LogP) is 4.88. The third-order valence-electron chi connectivity index (χ3n) is 6.92. The molecule has 194 valence electrons. The van der Waals surface area contributed by atoms with Crippen molar-refractivity contribution in [2.45, 2.75) is 32.6 Å². The molecule has 2 N–H and O–H groups in total. The molecule has 0 saturated carbocycles. The van der Waals surface area contributed by atoms with Gasteiger partial charge in [0.15, 0.2) is 0 Å². The number of aliphatic hydroxyl groups excluding tert-OH is 1. The summed E-state index contributed by atoms with van der Waals surface area (Å²) in [6.45, 7) is 4.78. The van der Waals surface area contributed by atoms with E-state index >= 15 is 0 Å². The molecule has 3 atom stereocenters. The van der Waals surface area contributed by atoms with Crippen LogP contribution < -0.4 is 5.32 Å². The van der Waals surface area contributed by atoms with Crippen LogP contribution in [0.5, 0.6) is 0 Å². The first kappa shape index (κ1) is 26.4. The molecule has 0 spiro atoms. The molecule has 37 heavy (non-hydrogen) atoms. The van der Waals surface area contributed by atoms with Crippen LogP contribution in [0.15, 0.2) is 78.9 Å². The van der Waals surface area contributed by atoms with Gasteiger partial charge in [0.25, 0.3) is 5.91 Å². The molecule has 3 aromatic rings. The van der Waals surface area contributed by atoms with E-state index in [9.17, 15) is 14.7 Å². The van der Waals surface area contributed by atoms with Gasteiger partial charge in [-0.25, -0.2) is 4.79 Å². The smallest absolute Gasteiger partial charge is 0.321 e. The zero-order valence-electron chi connectivity index (χ0n) is 21.6. The van der Waals surface area contributed by atoms with Gasteiger partial charge in [0.05, 0.1) is 25.4 Å². The monoisotopic (exact) mass is 501 g/mol. The van der Waals surface area contributed by atoms with Crippen LogP contribution in [0.2, 0.25) is 0 Å². The molecule has 0 unspecified atom stereocenters. The van der Waals surface area contributed by atoms with Crippen molar-refractivity contribution in [1.29, 1.82) is 0 Å². The van der Waals surface area contributed by atoms with Crippen LogP contribution in [0.3, 0.4) is 0 Å². The average molecular weight is 502 g/mol. The van der Waals surface area contributed by atoms with Crippen molar-refractivity contribution in [1.82, 2.24) is 9.80 Å². The van der Waals surface area contributed by atoms with Crippen LogP contribution in [0, 0.1) is 5.92 Å². The number of para-hydroxylation sites is 1. The number of nitrogens with zero attached hydrogens (tertiary/aromatic N) is 2. The highest BCUT2D eigenvalue weighted by Gasteiger charge is 2.31. The van der Waals surface area contributed by atoms with Gasteiger partial charge < -0.3 is 25.0 Å². The van der Waals surface area contributed by atoms with Crippen molar-refractivity contribution in [3.63, 3.8) is 0 Å². The van der Waals surface area contributed by atoms with Crippen molar-refractivity contribution in [3.8, 4) is 11.1 Å². The number of fused-ring (bicyclic) bond motifs is 3. The molecule has 4 rings (SSSR count). The molecule has 7 nitrogen and oxygen atoms in total. The third kappa shape index (κ3) is 6.18. The first-order valence-electron chi connectivity index (χ1n) is 12.7. The third-order valence-corrected chi connectivity index (χ3v) is 6.92. The summed E-state index contributed by atoms with van der Waals surface area (Å²) in [5, 5.41) is 12.9. The fraction of sp³-hybridized carbons (Fsp3) is 0.333. The maximum absolute atomic E-state index is 13.9. The Bertz CT molecular complexity index is 1220. The van der Waals surface area contributed by atoms with Crippen LogP contribution in [0.25, 0.3) is 11.1 Å². The van der Waals surface area contributed by atoms with Gasteiger partial charge in [0, 0.05) is 37.3 Å². The average Bonchev–Trinajstić information content (AvgIpc) is 2.94. The van der Waals surface area contributed by atoms with Crippen LogP contribution in [0.1, 0.15) is 29.8 Å². The molecule has 0 bridgehead atoms. The highest BCUT2D eigenvalue weighted by molar-refractivity contribution is 6.01. The summed E-state index contributed by atoms with van der Waals surface area (Å²) < 4.78 is 6.47. The molecule has 1 aliphatic rings. The van der Waals surface area contributed by atoms with Crippen molar-refractivity contribution >= 4 is 17.6 Å². The van der Waals surface area contributed by atoms with Crippen LogP contribution in [0.4, 0.5) is 10.5 Å². The minimum Gasteiger partial charge on any atom is -0.394 e. The summed E-state index contributed by atoms with van der Waals surface area (Å²) in [5.41, 5.74) is 4.06. The molecule has 0 aromatic heterocycles. The quantitative estimate of drug-likeness (QED) is 0.522. The highest BCUT2D eigenvalue weighted by atomic mass is 16.5. The van der Waals surface area contributed by atoms with Gasteiger partial charge in [0.1, 0.15) is 0 Å². The normalized spacial score (nSPS) is 18.7. The Morgan fingerprint density at radius 1 is 1.03 bits per heavy atom. The lowest BCUT2D eigenvalue weighted by Crippen LogP contribution is -2.48. The number of hydrogen-bond acceptors (Lipinski definition) is 4. The maximum atomic E-state index is 13.9. The predicted molar refractivity (Wildman–Crippen MR) is 145 cm³/mol. The van der Waals surface area contributed by atoms with Crippen molar-refractivity contribution in [2.75, 3.05) is 32.1 Å². The zero-order valence-corrected chi connectivity index (χ0v) is 21.6. The van der Waals surface area contributed by atoms with E-state index in [1.54, 1.807) is 16.8 Å². The molecule has 1 heterocycles. The highest BCUT2D eigenvalue weighted by Crippen LogP contribution is 2.31. The van der Waals surface area contributed by atoms with Crippen LogP contribution in [-0.2, 0) is 11.3 Å². The number of nitrogens with one attached hydrogen (secondary N) is 1. The summed E-state index contributed by atoms with van der Waals surface area (Å²) in [6, 6.07) is 24.2. The number of hydrogen-bond donors (Lipinski definition) is 2. The van der Waals surface area contributed by atoms with Gasteiger partial charge in [-0.3, -0.25) is 4.79 Å². The second kappa shape index (κ2) is 12.0. The number of rotatable bonds is 5. The summed E-state index contributed by atoms with van der Waals surface area (Å²) >= 11 is 0. The summed E-state index contributed by atoms with van der Waals surface area (Å²) in [7, 11) is 1.74. The van der Waals surface area contributed by atoms with E-state index in [0.29, 0.717) is 25.3 Å². The minimum atomic E-state index is -0.376. The largest absolute Gasteiger partial charge is 0.394 e. The summed E-state index contributed by atoms with van der Waals surface area (Å²) in [5.74, 6) is -0.239. The molecule has 3 aromatic carbocycles. The number of likely N-dealkylation sites (N-methyl/N-ethyl adjacent to an activating group) is 1. The van der Waals surface area contributed by atoms with Crippen molar-refractivity contribution in [3.05, 3.63) is 90.0 Å². The Kier molecular flexibility index (Phi) is 8.58. The SMILES string of the molecule is C[C@@H]1CN([C@H](C)CO)C(=O)c2ccccc2-c2ccccc2CO[C@@H]1CN(C)C(=O)Nc1ccccc1. The number of carbonyl (C=O) groups excluding carboxylic acids is 2. The summed E-state index contributed by atoms with van der Waals surface area (Å²) in [6.07, 6.45) is -0.345. The standard InChI is InChI=1S/C30H35N3O4/c1-21-17-33(22(2)19-34)29(35)27-16-10-9-15-26(27)25-14-8-7-11-23(25)20-37-28(21)18-32(3)30(36)31-24-12-5-4-6-13-24/h4-16,21-22,28,34H,17-20H2,1-3H3,(H,31,36)/t21-,22-,28-/m1/s1. The Morgan fingerprint density at radius 2 is 1.65 bits per heavy atom. The van der Waals surface area contributed by atoms with Gasteiger partial charge in [0.2, 0.25) is 0 Å². The second-order valence-corrected chi connectivity index (χ2v) is 9.70. The number of benzene rings is 3. The lowest BCUT2D eigenvalue weighted by molar-refractivity contribution is -0.0178. The van der Waals surface area contributed by atoms with Gasteiger partial charge in [-0.15, -0.1) is 0 Å². The van der Waals surface area contributed by atoms with Gasteiger partial charge in [-0.05, 0) is 41.8 Å². The molecule has 0 fully saturated rings. The number of ether oxygens (including phenoxy) is 1. The lowest BCUT2D eigenvalue weighted by Gasteiger charge is -2.35. The van der Waals surface area contributed by atoms with Crippen LogP contribution in [-0.4, -0.2) is 65.7 Å². The number of amides is 3. The van der Waals surface area contributed by atoms with E-state index in [2.05, 4.69) is 5.32 Å². The van der Waals surface area contributed by atoms with E-state index in [1.165, 1.54) is 0 Å². The van der Waals surface area contributed by atoms with E-state index in [0.717, 1.165) is 22.4 Å². The van der Waals surface area contributed by atoms with E-state index < -0.39 is 0 Å². The maximum Gasteiger partial charge on any atom is 0.321 e. The Labute approximate surface area is 218 Å². The van der Waals surface area contributed by atoms with Crippen molar-refractivity contribution in [2.24, 2.45) is 5.92 Å². The Balaban J connectivity index is 1.66. The number of urea groups is 1. The molecule has 1 aliphatic heterocycles. The topological polar surface area (TPSA) is 82.1 Å². The molecule has 0 radical (unpaired) electrons. The van der Waals surface area contributed by atoms with Gasteiger partial charge in [-0.1, -0.05) is 67.6 Å². The van der Waals surface area contributed by atoms with E-state index in [4.69, 9.17) is 4.74 Å². The molecular weight excluding hydrogens is 466 g/mol. The van der Waals surface area contributed by atoms with Gasteiger partial charge >= 0.3 is 6.03 Å². The molecule has 3 amide bonds. The van der Waals surface area contributed by atoms with Gasteiger partial charge in [-0.2, -0.15) is 0 Å². The molecule has 0 aliphatic carbocycles. The number of anilines is 1. The molecule has 0 saturated heterocycles. The zero-order chi connectivity index (χ0) is 26.4. The van der Waals surface area contributed by atoms with E-state index in [1.807, 2.05) is 92.7 Å². The second-order valence-electron chi connectivity index (χ2n) is 9.70. The first-order chi connectivity index (χ1) is 17.9. The summed E-state index contributed by atoms with van der Waals surface area (Å²) in [4.78, 5) is 30.1. The Hall–Kier alpha value is -3.68. The fourth-order valence-electron chi connectivity index (χ4n) is 4.64. The lowest BCUT2D eigenvalue weighted by atomic mass is 9.94. The van der Waals surface area contributed by atoms with E-state index in [-0.39, 0.29) is 36.6 Å². The number of aliphatic hydroxyl groups is 1. The fourth-order valence-corrected chi connectivity index (χ4v) is 4.64. The van der Waals surface area contributed by atoms with Crippen LogP contribution >= 0.6 is 0 Å². The minimum absolute atomic E-state index is 0.109. The Morgan fingerprint density at radius 3 is 2.35 bits per heavy atom. The van der Waals surface area contributed by atoms with Crippen molar-refractivity contribution < 1.29 is 19.4 Å². The molecular formula is C30H35N3O4. The number of carbonyl (C=O) groups is 2. The first-order valence-corrected chi connectivity index (χ1v) is 12.7. The molecule has 7 heteroatoms.